The molecule has 2 atom stereocenters. The predicted molar refractivity (Wildman–Crippen MR) is 123 cm³/mol. The monoisotopic (exact) mass is 436 g/mol. The molecular weight excluding hydrogens is 412 g/mol. The Kier molecular flexibility index (Phi) is 4.79. The number of imidazole rings is 2. The lowest BCUT2D eigenvalue weighted by atomic mass is 10.2. The van der Waals surface area contributed by atoms with Crippen LogP contribution in [0, 0.1) is 0 Å². The lowest BCUT2D eigenvalue weighted by Gasteiger charge is -2.04. The van der Waals surface area contributed by atoms with E-state index in [1.165, 1.54) is 32.4 Å². The van der Waals surface area contributed by atoms with Gasteiger partial charge in [-0.1, -0.05) is 0 Å². The molecule has 4 aromatic heterocycles. The van der Waals surface area contributed by atoms with Crippen LogP contribution in [0.4, 0.5) is 0 Å². The normalized spacial score (nSPS) is 21.6. The van der Waals surface area contributed by atoms with Crippen LogP contribution >= 0.6 is 22.7 Å². The van der Waals surface area contributed by atoms with Crippen molar-refractivity contribution in [3.05, 3.63) is 48.3 Å². The van der Waals surface area contributed by atoms with E-state index in [1.807, 2.05) is 12.4 Å². The molecule has 0 aromatic carbocycles. The molecule has 0 aliphatic carbocycles. The number of rotatable bonds is 5. The summed E-state index contributed by atoms with van der Waals surface area (Å²) in [7, 11) is 0. The third kappa shape index (κ3) is 3.43. The zero-order valence-corrected chi connectivity index (χ0v) is 18.2. The summed E-state index contributed by atoms with van der Waals surface area (Å²) in [6.45, 7) is 2.17. The molecule has 4 N–H and O–H groups in total. The standard InChI is InChI=1S/C22H24N6S2/c1-3-13(23-9-1)21-25-11-15(27-21)17-5-7-19(29-17)20-8-6-18(30-20)16-12-26-22(28-16)14-4-2-10-24-14/h5-8,11-14,23-24H,1-4,9-10H2,(H,25,27)(H,26,28)/t13-,14-/m0/s1. The molecule has 0 bridgehead atoms. The Labute approximate surface area is 183 Å². The highest BCUT2D eigenvalue weighted by Crippen LogP contribution is 2.40. The van der Waals surface area contributed by atoms with Crippen LogP contribution in [0.1, 0.15) is 49.4 Å². The fraction of sp³-hybridized carbons (Fsp3) is 0.364. The van der Waals surface area contributed by atoms with Crippen LogP contribution in [0.15, 0.2) is 36.7 Å². The number of hydrogen-bond donors (Lipinski definition) is 4. The quantitative estimate of drug-likeness (QED) is 0.351. The molecular formula is C22H24N6S2. The summed E-state index contributed by atoms with van der Waals surface area (Å²) in [5.41, 5.74) is 2.07. The molecule has 2 fully saturated rings. The van der Waals surface area contributed by atoms with Crippen LogP contribution in [-0.2, 0) is 0 Å². The maximum Gasteiger partial charge on any atom is 0.124 e. The third-order valence-electron chi connectivity index (χ3n) is 5.94. The Hall–Kier alpha value is -2.26. The van der Waals surface area contributed by atoms with Crippen LogP contribution in [0.25, 0.3) is 30.9 Å². The van der Waals surface area contributed by atoms with Gasteiger partial charge in [-0.15, -0.1) is 22.7 Å². The molecule has 2 aliphatic rings. The fourth-order valence-corrected chi connectivity index (χ4v) is 6.36. The van der Waals surface area contributed by atoms with Crippen molar-refractivity contribution in [2.24, 2.45) is 0 Å². The van der Waals surface area contributed by atoms with Gasteiger partial charge in [-0.05, 0) is 63.0 Å². The largest absolute Gasteiger partial charge is 0.347 e. The van der Waals surface area contributed by atoms with Gasteiger partial charge in [-0.25, -0.2) is 9.97 Å². The van der Waals surface area contributed by atoms with Crippen LogP contribution < -0.4 is 10.6 Å². The van der Waals surface area contributed by atoms with Gasteiger partial charge in [0.1, 0.15) is 11.6 Å². The average Bonchev–Trinajstić information content (AvgIpc) is 3.62. The second-order valence-electron chi connectivity index (χ2n) is 7.97. The molecule has 6 nitrogen and oxygen atoms in total. The zero-order chi connectivity index (χ0) is 19.9. The van der Waals surface area contributed by atoms with Gasteiger partial charge in [0, 0.05) is 22.1 Å². The Balaban J connectivity index is 1.21. The van der Waals surface area contributed by atoms with E-state index in [4.69, 9.17) is 9.97 Å². The number of thiophene rings is 2. The first-order chi connectivity index (χ1) is 14.8. The van der Waals surface area contributed by atoms with E-state index in [0.29, 0.717) is 12.1 Å². The Morgan fingerprint density at radius 1 is 0.667 bits per heavy atom. The van der Waals surface area contributed by atoms with E-state index in [1.54, 1.807) is 22.7 Å². The molecule has 0 saturated carbocycles. The first-order valence-corrected chi connectivity index (χ1v) is 12.2. The fourth-order valence-electron chi connectivity index (χ4n) is 4.33. The molecule has 0 radical (unpaired) electrons. The van der Waals surface area contributed by atoms with Crippen molar-refractivity contribution < 1.29 is 0 Å². The van der Waals surface area contributed by atoms with Gasteiger partial charge in [0.2, 0.25) is 0 Å². The minimum atomic E-state index is 0.371. The lowest BCUT2D eigenvalue weighted by molar-refractivity contribution is 0.613. The molecule has 6 heterocycles. The Morgan fingerprint density at radius 2 is 1.13 bits per heavy atom. The Bertz CT molecular complexity index is 1050. The van der Waals surface area contributed by atoms with Crippen molar-refractivity contribution in [2.45, 2.75) is 37.8 Å². The summed E-state index contributed by atoms with van der Waals surface area (Å²) >= 11 is 3.60. The molecule has 4 aromatic rings. The van der Waals surface area contributed by atoms with Crippen LogP contribution in [0.5, 0.6) is 0 Å². The van der Waals surface area contributed by atoms with E-state index in [-0.39, 0.29) is 0 Å². The van der Waals surface area contributed by atoms with Crippen molar-refractivity contribution in [1.82, 2.24) is 30.6 Å². The molecule has 30 heavy (non-hydrogen) atoms. The van der Waals surface area contributed by atoms with E-state index < -0.39 is 0 Å². The minimum absolute atomic E-state index is 0.371. The number of hydrogen-bond acceptors (Lipinski definition) is 6. The molecule has 0 amide bonds. The maximum atomic E-state index is 4.84. The summed E-state index contributed by atoms with van der Waals surface area (Å²) < 4.78 is 0. The van der Waals surface area contributed by atoms with Gasteiger partial charge in [0.15, 0.2) is 0 Å². The number of aromatic amines is 2. The van der Waals surface area contributed by atoms with E-state index in [9.17, 15) is 0 Å². The van der Waals surface area contributed by atoms with Crippen molar-refractivity contribution in [3.8, 4) is 30.9 Å². The number of H-pyrrole nitrogens is 2. The number of nitrogens with one attached hydrogen (secondary N) is 4. The van der Waals surface area contributed by atoms with Crippen LogP contribution in [0.3, 0.4) is 0 Å². The second-order valence-corrected chi connectivity index (χ2v) is 10.1. The minimum Gasteiger partial charge on any atom is -0.347 e. The molecule has 0 spiro atoms. The third-order valence-corrected chi connectivity index (χ3v) is 8.35. The molecule has 8 heteroatoms. The SMILES string of the molecule is c1[nH]c([C@@H]2CCCN2)nc1-c1ccc(-c2ccc(-c3c[nH]c([C@@H]4CCCN4)n3)s2)s1. The van der Waals surface area contributed by atoms with Gasteiger partial charge >= 0.3 is 0 Å². The van der Waals surface area contributed by atoms with E-state index in [0.717, 1.165) is 49.0 Å². The van der Waals surface area contributed by atoms with Crippen molar-refractivity contribution in [3.63, 3.8) is 0 Å². The van der Waals surface area contributed by atoms with Crippen molar-refractivity contribution in [2.75, 3.05) is 13.1 Å². The van der Waals surface area contributed by atoms with Crippen molar-refractivity contribution in [1.29, 1.82) is 0 Å². The zero-order valence-electron chi connectivity index (χ0n) is 16.6. The number of nitrogens with zero attached hydrogens (tertiary/aromatic N) is 2. The topological polar surface area (TPSA) is 81.4 Å². The molecule has 0 unspecified atom stereocenters. The van der Waals surface area contributed by atoms with E-state index >= 15 is 0 Å². The van der Waals surface area contributed by atoms with Gasteiger partial charge < -0.3 is 20.6 Å². The lowest BCUT2D eigenvalue weighted by Crippen LogP contribution is -2.14. The van der Waals surface area contributed by atoms with Gasteiger partial charge in [-0.2, -0.15) is 0 Å². The summed E-state index contributed by atoms with van der Waals surface area (Å²) in [5, 5.41) is 7.01. The van der Waals surface area contributed by atoms with Crippen LogP contribution in [-0.4, -0.2) is 33.0 Å². The summed E-state index contributed by atoms with van der Waals surface area (Å²) in [6, 6.07) is 9.51. The smallest absolute Gasteiger partial charge is 0.124 e. The van der Waals surface area contributed by atoms with Gasteiger partial charge in [0.25, 0.3) is 0 Å². The molecule has 154 valence electrons. The highest BCUT2D eigenvalue weighted by Gasteiger charge is 2.21. The predicted octanol–water partition coefficient (Wildman–Crippen LogP) is 5.11. The maximum absolute atomic E-state index is 4.84. The highest BCUT2D eigenvalue weighted by atomic mass is 32.1. The van der Waals surface area contributed by atoms with Crippen molar-refractivity contribution >= 4 is 22.7 Å². The molecule has 2 aliphatic heterocycles. The first-order valence-electron chi connectivity index (χ1n) is 10.6. The second kappa shape index (κ2) is 7.77. The van der Waals surface area contributed by atoms with E-state index in [2.05, 4.69) is 44.9 Å². The van der Waals surface area contributed by atoms with Gasteiger partial charge in [0.05, 0.1) is 33.2 Å². The molecule has 6 rings (SSSR count). The molecule has 2 saturated heterocycles. The summed E-state index contributed by atoms with van der Waals surface area (Å²) in [5.74, 6) is 2.11. The number of aromatic nitrogens is 4. The first kappa shape index (κ1) is 18.5. The highest BCUT2D eigenvalue weighted by molar-refractivity contribution is 7.25. The van der Waals surface area contributed by atoms with Crippen LogP contribution in [0.2, 0.25) is 0 Å². The van der Waals surface area contributed by atoms with Gasteiger partial charge in [-0.3, -0.25) is 0 Å². The summed E-state index contributed by atoms with van der Waals surface area (Å²) in [4.78, 5) is 21.4. The summed E-state index contributed by atoms with van der Waals surface area (Å²) in [6.07, 6.45) is 8.83. The average molecular weight is 437 g/mol. The Morgan fingerprint density at radius 3 is 1.57 bits per heavy atom.